The Kier molecular flexibility index (Phi) is 9.98. The highest BCUT2D eigenvalue weighted by atomic mass is 19.2. The summed E-state index contributed by atoms with van der Waals surface area (Å²) in [6.07, 6.45) is 0.800. The van der Waals surface area contributed by atoms with Crippen molar-refractivity contribution in [1.82, 2.24) is 9.97 Å². The number of anilines is 1. The largest absolute Gasteiger partial charge is 0.497 e. The minimum absolute atomic E-state index is 0.199. The molecular formula is C31H31F4N3O2. The van der Waals surface area contributed by atoms with Crippen LogP contribution < -0.4 is 9.64 Å². The lowest BCUT2D eigenvalue weighted by molar-refractivity contribution is -0.117. The molecule has 40 heavy (non-hydrogen) atoms. The molecule has 5 nitrogen and oxygen atoms in total. The Morgan fingerprint density at radius 3 is 2.12 bits per heavy atom. The summed E-state index contributed by atoms with van der Waals surface area (Å²) >= 11 is 0. The van der Waals surface area contributed by atoms with Gasteiger partial charge in [-0.3, -0.25) is 9.69 Å². The molecule has 1 aromatic heterocycles. The van der Waals surface area contributed by atoms with Crippen molar-refractivity contribution in [2.75, 3.05) is 19.1 Å². The van der Waals surface area contributed by atoms with E-state index in [9.17, 15) is 22.4 Å². The minimum Gasteiger partial charge on any atom is -0.497 e. The average molecular weight is 554 g/mol. The number of carbonyl (C=O) groups is 1. The smallest absolute Gasteiger partial charge is 0.232 e. The monoisotopic (exact) mass is 553 g/mol. The zero-order valence-corrected chi connectivity index (χ0v) is 23.2. The summed E-state index contributed by atoms with van der Waals surface area (Å²) in [6.45, 7) is 7.00. The van der Waals surface area contributed by atoms with Gasteiger partial charge < -0.3 is 4.74 Å². The van der Waals surface area contributed by atoms with Gasteiger partial charge in [0.05, 0.1) is 31.1 Å². The van der Waals surface area contributed by atoms with Crippen molar-refractivity contribution in [3.63, 3.8) is 0 Å². The van der Waals surface area contributed by atoms with E-state index in [0.29, 0.717) is 17.1 Å². The number of hydrogen-bond donors (Lipinski definition) is 0. The molecule has 0 fully saturated rings. The normalized spacial score (nSPS) is 11.3. The number of benzene rings is 3. The van der Waals surface area contributed by atoms with E-state index in [-0.39, 0.29) is 11.7 Å². The van der Waals surface area contributed by atoms with E-state index in [1.807, 2.05) is 63.2 Å². The first-order valence-corrected chi connectivity index (χ1v) is 12.8. The predicted octanol–water partition coefficient (Wildman–Crippen LogP) is 7.40. The summed E-state index contributed by atoms with van der Waals surface area (Å²) < 4.78 is 61.2. The molecule has 0 aliphatic rings. The van der Waals surface area contributed by atoms with E-state index in [0.717, 1.165) is 23.0 Å². The SMILES string of the molecule is CC.COc1ccc(-c2cnc(N(C)C(=O)Cc3c(C)c(F)c(F)c(F)c3F)c(C(C)c3ccccc3)n2)cc1. The van der Waals surface area contributed by atoms with Crippen LogP contribution in [-0.4, -0.2) is 30.0 Å². The van der Waals surface area contributed by atoms with Gasteiger partial charge in [-0.2, -0.15) is 0 Å². The fourth-order valence-electron chi connectivity index (χ4n) is 4.13. The number of methoxy groups -OCH3 is 1. The number of halogens is 4. The van der Waals surface area contributed by atoms with Crippen LogP contribution >= 0.6 is 0 Å². The molecule has 0 saturated carbocycles. The molecule has 1 unspecified atom stereocenters. The van der Waals surface area contributed by atoms with E-state index in [1.165, 1.54) is 13.2 Å². The second kappa shape index (κ2) is 13.2. The van der Waals surface area contributed by atoms with Gasteiger partial charge in [-0.05, 0) is 42.3 Å². The number of likely N-dealkylation sites (N-methyl/N-ethyl adjacent to an activating group) is 1. The van der Waals surface area contributed by atoms with Gasteiger partial charge in [0.25, 0.3) is 0 Å². The molecule has 4 aromatic rings. The highest BCUT2D eigenvalue weighted by molar-refractivity contribution is 5.94. The number of amides is 1. The lowest BCUT2D eigenvalue weighted by atomic mass is 9.96. The third-order valence-electron chi connectivity index (χ3n) is 6.52. The van der Waals surface area contributed by atoms with Gasteiger partial charge in [-0.15, -0.1) is 0 Å². The van der Waals surface area contributed by atoms with Crippen LogP contribution in [0.3, 0.4) is 0 Å². The first-order valence-electron chi connectivity index (χ1n) is 12.8. The Morgan fingerprint density at radius 1 is 0.925 bits per heavy atom. The van der Waals surface area contributed by atoms with E-state index in [1.54, 1.807) is 19.2 Å². The van der Waals surface area contributed by atoms with Gasteiger partial charge in [-0.1, -0.05) is 51.1 Å². The van der Waals surface area contributed by atoms with Crippen LogP contribution in [0.15, 0.2) is 60.8 Å². The molecule has 0 aliphatic heterocycles. The number of carbonyl (C=O) groups excluding carboxylic acids is 1. The average Bonchev–Trinajstić information content (AvgIpc) is 3.01. The van der Waals surface area contributed by atoms with Crippen molar-refractivity contribution < 1.29 is 27.1 Å². The molecule has 9 heteroatoms. The molecule has 0 saturated heterocycles. The van der Waals surface area contributed by atoms with E-state index in [2.05, 4.69) is 4.98 Å². The second-order valence-electron chi connectivity index (χ2n) is 8.81. The first-order chi connectivity index (χ1) is 19.1. The summed E-state index contributed by atoms with van der Waals surface area (Å²) in [5.41, 5.74) is 1.69. The Morgan fingerprint density at radius 2 is 1.52 bits per heavy atom. The fraction of sp³-hybridized carbons (Fsp3) is 0.258. The van der Waals surface area contributed by atoms with Gasteiger partial charge in [0.2, 0.25) is 5.91 Å². The molecule has 3 aromatic carbocycles. The third kappa shape index (κ3) is 6.14. The van der Waals surface area contributed by atoms with Crippen LogP contribution in [0.2, 0.25) is 0 Å². The van der Waals surface area contributed by atoms with Crippen LogP contribution in [0.1, 0.15) is 49.1 Å². The molecule has 1 atom stereocenters. The van der Waals surface area contributed by atoms with Crippen molar-refractivity contribution in [2.24, 2.45) is 0 Å². The van der Waals surface area contributed by atoms with Crippen molar-refractivity contribution in [3.05, 3.63) is 106 Å². The van der Waals surface area contributed by atoms with Crippen molar-refractivity contribution in [3.8, 4) is 17.0 Å². The Hall–Kier alpha value is -4.27. The van der Waals surface area contributed by atoms with Gasteiger partial charge in [0.15, 0.2) is 29.1 Å². The summed E-state index contributed by atoms with van der Waals surface area (Å²) in [5, 5.41) is 0. The van der Waals surface area contributed by atoms with Crippen molar-refractivity contribution in [1.29, 1.82) is 0 Å². The molecule has 1 amide bonds. The summed E-state index contributed by atoms with van der Waals surface area (Å²) in [5.74, 6) is -7.12. The zero-order chi connectivity index (χ0) is 29.6. The third-order valence-corrected chi connectivity index (χ3v) is 6.52. The van der Waals surface area contributed by atoms with Gasteiger partial charge in [0, 0.05) is 24.1 Å². The highest BCUT2D eigenvalue weighted by Gasteiger charge is 2.28. The van der Waals surface area contributed by atoms with Gasteiger partial charge >= 0.3 is 0 Å². The maximum atomic E-state index is 14.5. The zero-order valence-electron chi connectivity index (χ0n) is 23.2. The molecular weight excluding hydrogens is 522 g/mol. The van der Waals surface area contributed by atoms with Crippen LogP contribution in [0.25, 0.3) is 11.3 Å². The van der Waals surface area contributed by atoms with Gasteiger partial charge in [0.1, 0.15) is 5.75 Å². The quantitative estimate of drug-likeness (QED) is 0.136. The van der Waals surface area contributed by atoms with Crippen molar-refractivity contribution >= 4 is 11.7 Å². The lowest BCUT2D eigenvalue weighted by Crippen LogP contribution is -2.31. The highest BCUT2D eigenvalue weighted by Crippen LogP contribution is 2.32. The lowest BCUT2D eigenvalue weighted by Gasteiger charge is -2.23. The van der Waals surface area contributed by atoms with Crippen LogP contribution in [0, 0.1) is 30.2 Å². The van der Waals surface area contributed by atoms with Gasteiger partial charge in [-0.25, -0.2) is 27.5 Å². The van der Waals surface area contributed by atoms with Crippen LogP contribution in [0.5, 0.6) is 5.75 Å². The molecule has 0 radical (unpaired) electrons. The maximum Gasteiger partial charge on any atom is 0.232 e. The van der Waals surface area contributed by atoms with E-state index >= 15 is 0 Å². The summed E-state index contributed by atoms with van der Waals surface area (Å²) in [7, 11) is 2.99. The maximum absolute atomic E-state index is 14.5. The molecule has 210 valence electrons. The summed E-state index contributed by atoms with van der Waals surface area (Å²) in [6, 6.07) is 16.7. The second-order valence-corrected chi connectivity index (χ2v) is 8.81. The minimum atomic E-state index is -1.96. The summed E-state index contributed by atoms with van der Waals surface area (Å²) in [4.78, 5) is 23.7. The number of hydrogen-bond acceptors (Lipinski definition) is 4. The van der Waals surface area contributed by atoms with E-state index < -0.39 is 46.7 Å². The Balaban J connectivity index is 0.00000216. The molecule has 0 aliphatic carbocycles. The number of rotatable bonds is 7. The Labute approximate surface area is 231 Å². The van der Waals surface area contributed by atoms with Crippen molar-refractivity contribution in [2.45, 2.75) is 40.0 Å². The standard InChI is InChI=1S/C29H25F4N3O2.C2H6/c1-16(18-8-6-5-7-9-18)28-29(34-15-22(35-28)19-10-12-20(38-4)13-11-19)36(3)23(37)14-21-17(2)24(30)26(32)27(33)25(21)31;1-2/h5-13,15-16H,14H2,1-4H3;1-2H3. The topological polar surface area (TPSA) is 55.3 Å². The van der Waals surface area contributed by atoms with E-state index in [4.69, 9.17) is 9.72 Å². The predicted molar refractivity (Wildman–Crippen MR) is 147 cm³/mol. The molecule has 1 heterocycles. The fourth-order valence-corrected chi connectivity index (χ4v) is 4.13. The van der Waals surface area contributed by atoms with Crippen LogP contribution in [0.4, 0.5) is 23.4 Å². The van der Waals surface area contributed by atoms with Crippen LogP contribution in [-0.2, 0) is 11.2 Å². The number of nitrogens with zero attached hydrogens (tertiary/aromatic N) is 3. The number of ether oxygens (including phenoxy) is 1. The first kappa shape index (κ1) is 30.3. The molecule has 0 spiro atoms. The number of aromatic nitrogens is 2. The molecule has 0 N–H and O–H groups in total. The molecule has 4 rings (SSSR count). The Bertz CT molecular complexity index is 1450. The molecule has 0 bridgehead atoms.